The molecule has 0 saturated carbocycles. The maximum atomic E-state index is 5.63. The Kier molecular flexibility index (Phi) is 11.3. The minimum absolute atomic E-state index is 0.0459. The average molecular weight is 303 g/mol. The van der Waals surface area contributed by atoms with Crippen molar-refractivity contribution >= 4 is 0 Å². The van der Waals surface area contributed by atoms with Gasteiger partial charge in [-0.05, 0) is 67.3 Å². The Labute approximate surface area is 131 Å². The van der Waals surface area contributed by atoms with Gasteiger partial charge in [-0.2, -0.15) is 0 Å². The first-order chi connectivity index (χ1) is 9.71. The van der Waals surface area contributed by atoms with Crippen LogP contribution in [0.5, 0.6) is 0 Å². The van der Waals surface area contributed by atoms with E-state index in [4.69, 9.17) is 14.2 Å². The molecule has 0 bridgehead atoms. The molecule has 0 unspecified atom stereocenters. The van der Waals surface area contributed by atoms with Crippen LogP contribution >= 0.6 is 0 Å². The van der Waals surface area contributed by atoms with E-state index >= 15 is 0 Å². The monoisotopic (exact) mass is 303 g/mol. The third-order valence-corrected chi connectivity index (χ3v) is 2.67. The Morgan fingerprint density at radius 1 is 0.667 bits per heavy atom. The van der Waals surface area contributed by atoms with E-state index in [9.17, 15) is 0 Å². The van der Waals surface area contributed by atoms with E-state index in [1.165, 1.54) is 0 Å². The predicted octanol–water partition coefficient (Wildman–Crippen LogP) is 3.39. The zero-order chi connectivity index (χ0) is 16.2. The van der Waals surface area contributed by atoms with Crippen LogP contribution in [0.4, 0.5) is 0 Å². The predicted molar refractivity (Wildman–Crippen MR) is 88.9 cm³/mol. The van der Waals surface area contributed by atoms with Crippen LogP contribution in [0.2, 0.25) is 0 Å². The van der Waals surface area contributed by atoms with Crippen molar-refractivity contribution in [2.75, 3.05) is 39.6 Å². The highest BCUT2D eigenvalue weighted by Crippen LogP contribution is 2.06. The molecule has 0 spiro atoms. The van der Waals surface area contributed by atoms with E-state index in [1.54, 1.807) is 0 Å². The normalized spacial score (nSPS) is 12.9. The Bertz CT molecular complexity index is 207. The molecule has 0 rings (SSSR count). The van der Waals surface area contributed by atoms with E-state index in [0.717, 1.165) is 58.8 Å². The van der Waals surface area contributed by atoms with Gasteiger partial charge in [-0.25, -0.2) is 0 Å². The second-order valence-electron chi connectivity index (χ2n) is 7.42. The van der Waals surface area contributed by atoms with Crippen molar-refractivity contribution in [3.05, 3.63) is 0 Å². The van der Waals surface area contributed by atoms with Crippen LogP contribution in [0.3, 0.4) is 0 Å². The number of rotatable bonds is 12. The van der Waals surface area contributed by atoms with E-state index in [1.807, 2.05) is 0 Å². The third-order valence-electron chi connectivity index (χ3n) is 2.67. The molecule has 0 heterocycles. The SMILES string of the molecule is CC(C)(C)NCCCOCCCOCCCOC(C)(C)C. The summed E-state index contributed by atoms with van der Waals surface area (Å²) < 4.78 is 16.7. The lowest BCUT2D eigenvalue weighted by molar-refractivity contribution is -0.0149. The smallest absolute Gasteiger partial charge is 0.0598 e. The van der Waals surface area contributed by atoms with Gasteiger partial charge in [-0.3, -0.25) is 0 Å². The minimum Gasteiger partial charge on any atom is -0.381 e. The first-order valence-electron chi connectivity index (χ1n) is 8.25. The maximum Gasteiger partial charge on any atom is 0.0598 e. The lowest BCUT2D eigenvalue weighted by Gasteiger charge is -2.20. The standard InChI is InChI=1S/C17H37NO3/c1-16(2,3)18-10-7-11-19-12-8-13-20-14-9-15-21-17(4,5)6/h18H,7-15H2,1-6H3. The summed E-state index contributed by atoms with van der Waals surface area (Å²) in [5.74, 6) is 0. The Hall–Kier alpha value is -0.160. The van der Waals surface area contributed by atoms with Crippen molar-refractivity contribution in [2.24, 2.45) is 0 Å². The molecule has 0 amide bonds. The molecule has 0 aromatic rings. The molecule has 0 fully saturated rings. The molecule has 21 heavy (non-hydrogen) atoms. The number of hydrogen-bond donors (Lipinski definition) is 1. The molecular weight excluding hydrogens is 266 g/mol. The third kappa shape index (κ3) is 19.8. The highest BCUT2D eigenvalue weighted by Gasteiger charge is 2.08. The van der Waals surface area contributed by atoms with Gasteiger partial charge >= 0.3 is 0 Å². The maximum absolute atomic E-state index is 5.63. The van der Waals surface area contributed by atoms with Crippen molar-refractivity contribution in [3.63, 3.8) is 0 Å². The molecule has 128 valence electrons. The highest BCUT2D eigenvalue weighted by atomic mass is 16.5. The summed E-state index contributed by atoms with van der Waals surface area (Å²) in [6.07, 6.45) is 2.98. The minimum atomic E-state index is -0.0459. The molecule has 0 radical (unpaired) electrons. The lowest BCUT2D eigenvalue weighted by Crippen LogP contribution is -2.36. The topological polar surface area (TPSA) is 39.7 Å². The van der Waals surface area contributed by atoms with Crippen LogP contribution in [0.15, 0.2) is 0 Å². The Balaban J connectivity index is 3.10. The van der Waals surface area contributed by atoms with Gasteiger partial charge in [0.2, 0.25) is 0 Å². The van der Waals surface area contributed by atoms with Crippen molar-refractivity contribution in [1.82, 2.24) is 5.32 Å². The molecule has 0 aliphatic carbocycles. The number of hydrogen-bond acceptors (Lipinski definition) is 4. The molecule has 1 N–H and O–H groups in total. The molecule has 0 atom stereocenters. The van der Waals surface area contributed by atoms with Crippen LogP contribution in [0.25, 0.3) is 0 Å². The van der Waals surface area contributed by atoms with Gasteiger partial charge in [0.1, 0.15) is 0 Å². The summed E-state index contributed by atoms with van der Waals surface area (Å²) in [5.41, 5.74) is 0.153. The summed E-state index contributed by atoms with van der Waals surface area (Å²) in [6, 6.07) is 0. The molecule has 0 aliphatic heterocycles. The summed E-state index contributed by atoms with van der Waals surface area (Å²) in [6.45, 7) is 17.7. The van der Waals surface area contributed by atoms with Gasteiger partial charge in [-0.1, -0.05) is 0 Å². The van der Waals surface area contributed by atoms with Crippen molar-refractivity contribution < 1.29 is 14.2 Å². The lowest BCUT2D eigenvalue weighted by atomic mass is 10.1. The summed E-state index contributed by atoms with van der Waals surface area (Å²) in [5, 5.41) is 3.45. The van der Waals surface area contributed by atoms with E-state index in [0.29, 0.717) is 0 Å². The van der Waals surface area contributed by atoms with Crippen molar-refractivity contribution in [1.29, 1.82) is 0 Å². The van der Waals surface area contributed by atoms with Gasteiger partial charge < -0.3 is 19.5 Å². The molecule has 4 nitrogen and oxygen atoms in total. The zero-order valence-electron chi connectivity index (χ0n) is 15.1. The molecule has 0 aliphatic rings. The second-order valence-corrected chi connectivity index (χ2v) is 7.42. The van der Waals surface area contributed by atoms with Crippen LogP contribution in [-0.2, 0) is 14.2 Å². The van der Waals surface area contributed by atoms with E-state index in [-0.39, 0.29) is 11.1 Å². The van der Waals surface area contributed by atoms with Gasteiger partial charge in [0, 0.05) is 38.6 Å². The first kappa shape index (κ1) is 20.8. The summed E-state index contributed by atoms with van der Waals surface area (Å²) in [4.78, 5) is 0. The number of ether oxygens (including phenoxy) is 3. The second kappa shape index (κ2) is 11.4. The highest BCUT2D eigenvalue weighted by molar-refractivity contribution is 4.69. The van der Waals surface area contributed by atoms with Crippen LogP contribution in [0.1, 0.15) is 60.8 Å². The molecular formula is C17H37NO3. The molecule has 4 heteroatoms. The van der Waals surface area contributed by atoms with Crippen molar-refractivity contribution in [2.45, 2.75) is 71.9 Å². The quantitative estimate of drug-likeness (QED) is 0.561. The Morgan fingerprint density at radius 3 is 1.62 bits per heavy atom. The largest absolute Gasteiger partial charge is 0.381 e. The van der Waals surface area contributed by atoms with Gasteiger partial charge in [0.25, 0.3) is 0 Å². The fourth-order valence-electron chi connectivity index (χ4n) is 1.64. The average Bonchev–Trinajstić information content (AvgIpc) is 2.32. The fraction of sp³-hybridized carbons (Fsp3) is 1.00. The zero-order valence-corrected chi connectivity index (χ0v) is 15.1. The first-order valence-corrected chi connectivity index (χ1v) is 8.25. The fourth-order valence-corrected chi connectivity index (χ4v) is 1.64. The van der Waals surface area contributed by atoms with E-state index < -0.39 is 0 Å². The van der Waals surface area contributed by atoms with Crippen LogP contribution in [0, 0.1) is 0 Å². The van der Waals surface area contributed by atoms with Crippen LogP contribution < -0.4 is 5.32 Å². The Morgan fingerprint density at radius 2 is 1.14 bits per heavy atom. The van der Waals surface area contributed by atoms with Gasteiger partial charge in [0.05, 0.1) is 5.60 Å². The summed E-state index contributed by atoms with van der Waals surface area (Å²) >= 11 is 0. The van der Waals surface area contributed by atoms with Crippen molar-refractivity contribution in [3.8, 4) is 0 Å². The molecule has 0 aromatic carbocycles. The summed E-state index contributed by atoms with van der Waals surface area (Å²) in [7, 11) is 0. The van der Waals surface area contributed by atoms with Gasteiger partial charge in [0.15, 0.2) is 0 Å². The molecule has 0 aromatic heterocycles. The van der Waals surface area contributed by atoms with Gasteiger partial charge in [-0.15, -0.1) is 0 Å². The number of nitrogens with one attached hydrogen (secondary N) is 1. The van der Waals surface area contributed by atoms with Crippen LogP contribution in [-0.4, -0.2) is 50.7 Å². The molecule has 0 saturated heterocycles. The van der Waals surface area contributed by atoms with E-state index in [2.05, 4.69) is 46.9 Å².